The molecule has 0 heterocycles. The van der Waals surface area contributed by atoms with E-state index in [9.17, 15) is 5.11 Å². The summed E-state index contributed by atoms with van der Waals surface area (Å²) in [6, 6.07) is 7.53. The molecule has 0 unspecified atom stereocenters. The smallest absolute Gasteiger partial charge is 0.115 e. The number of benzene rings is 1. The molecule has 0 amide bonds. The molecule has 16 heavy (non-hydrogen) atoms. The Morgan fingerprint density at radius 3 is 2.31 bits per heavy atom. The first-order valence-corrected chi connectivity index (χ1v) is 6.26. The van der Waals surface area contributed by atoms with Crippen LogP contribution in [0.3, 0.4) is 0 Å². The van der Waals surface area contributed by atoms with E-state index in [2.05, 4.69) is 18.7 Å². The van der Waals surface area contributed by atoms with Crippen LogP contribution in [0.25, 0.3) is 0 Å². The van der Waals surface area contributed by atoms with Crippen molar-refractivity contribution in [1.82, 2.24) is 4.90 Å². The zero-order chi connectivity index (χ0) is 11.8. The Morgan fingerprint density at radius 2 is 1.75 bits per heavy atom. The quantitative estimate of drug-likeness (QED) is 0.765. The largest absolute Gasteiger partial charge is 0.508 e. The first-order chi connectivity index (χ1) is 7.76. The molecule has 2 heteroatoms. The number of phenols is 1. The Balaban J connectivity index is 2.34. The lowest BCUT2D eigenvalue weighted by Gasteiger charge is -2.19. The number of unbranched alkanes of at least 4 members (excludes halogenated alkanes) is 1. The second-order valence-electron chi connectivity index (χ2n) is 4.20. The second kappa shape index (κ2) is 7.29. The van der Waals surface area contributed by atoms with Crippen molar-refractivity contribution in [2.75, 3.05) is 19.6 Å². The summed E-state index contributed by atoms with van der Waals surface area (Å²) in [6.45, 7) is 7.88. The average molecular weight is 221 g/mol. The molecule has 1 rings (SSSR count). The number of hydrogen-bond acceptors (Lipinski definition) is 2. The Bertz CT molecular complexity index is 281. The molecule has 0 aliphatic rings. The Hall–Kier alpha value is -1.02. The first kappa shape index (κ1) is 13.0. The van der Waals surface area contributed by atoms with Crippen LogP contribution in [-0.2, 0) is 6.42 Å². The van der Waals surface area contributed by atoms with Crippen molar-refractivity contribution in [3.63, 3.8) is 0 Å². The van der Waals surface area contributed by atoms with Gasteiger partial charge in [0.05, 0.1) is 0 Å². The number of hydrogen-bond donors (Lipinski definition) is 1. The topological polar surface area (TPSA) is 23.5 Å². The molecule has 0 bridgehead atoms. The molecule has 0 aliphatic carbocycles. The summed E-state index contributed by atoms with van der Waals surface area (Å²) in [7, 11) is 0. The van der Waals surface area contributed by atoms with Crippen LogP contribution >= 0.6 is 0 Å². The first-order valence-electron chi connectivity index (χ1n) is 6.26. The molecule has 0 spiro atoms. The molecule has 1 N–H and O–H groups in total. The summed E-state index contributed by atoms with van der Waals surface area (Å²) < 4.78 is 0. The van der Waals surface area contributed by atoms with E-state index in [1.165, 1.54) is 24.9 Å². The highest BCUT2D eigenvalue weighted by molar-refractivity contribution is 5.25. The van der Waals surface area contributed by atoms with Gasteiger partial charge in [0.2, 0.25) is 0 Å². The van der Waals surface area contributed by atoms with Gasteiger partial charge in [-0.15, -0.1) is 0 Å². The van der Waals surface area contributed by atoms with Crippen LogP contribution in [0.2, 0.25) is 0 Å². The molecule has 0 fully saturated rings. The van der Waals surface area contributed by atoms with E-state index in [0.717, 1.165) is 19.5 Å². The molecule has 90 valence electrons. The summed E-state index contributed by atoms with van der Waals surface area (Å²) in [5.74, 6) is 0.349. The molecule has 0 radical (unpaired) electrons. The van der Waals surface area contributed by atoms with Gasteiger partial charge in [0.25, 0.3) is 0 Å². The molecule has 1 aromatic rings. The highest BCUT2D eigenvalue weighted by Crippen LogP contribution is 2.10. The highest BCUT2D eigenvalue weighted by Gasteiger charge is 2.01. The van der Waals surface area contributed by atoms with Gasteiger partial charge in [-0.1, -0.05) is 32.4 Å². The normalized spacial score (nSPS) is 10.9. The van der Waals surface area contributed by atoms with Crippen LogP contribution in [0, 0.1) is 0 Å². The average Bonchev–Trinajstić information content (AvgIpc) is 2.32. The van der Waals surface area contributed by atoms with Crippen molar-refractivity contribution in [3.8, 4) is 5.75 Å². The van der Waals surface area contributed by atoms with Gasteiger partial charge in [-0.2, -0.15) is 0 Å². The summed E-state index contributed by atoms with van der Waals surface area (Å²) >= 11 is 0. The molecule has 0 aliphatic heterocycles. The van der Waals surface area contributed by atoms with Gasteiger partial charge in [-0.3, -0.25) is 0 Å². The summed E-state index contributed by atoms with van der Waals surface area (Å²) in [5.41, 5.74) is 1.30. The van der Waals surface area contributed by atoms with Crippen LogP contribution in [0.1, 0.15) is 32.3 Å². The number of aromatic hydroxyl groups is 1. The number of likely N-dealkylation sites (N-methyl/N-ethyl adjacent to an activating group) is 1. The standard InChI is InChI=1S/C14H23NO/c1-3-5-11-15(4-2)12-10-13-6-8-14(16)9-7-13/h6-9,16H,3-5,10-12H2,1-2H3. The van der Waals surface area contributed by atoms with Crippen molar-refractivity contribution < 1.29 is 5.11 Å². The SMILES string of the molecule is CCCCN(CC)CCc1ccc(O)cc1. The Labute approximate surface area is 98.9 Å². The van der Waals surface area contributed by atoms with Crippen LogP contribution in [0.15, 0.2) is 24.3 Å². The van der Waals surface area contributed by atoms with Crippen LogP contribution in [0.4, 0.5) is 0 Å². The molecule has 0 saturated heterocycles. The minimum absolute atomic E-state index is 0.349. The fourth-order valence-electron chi connectivity index (χ4n) is 1.76. The van der Waals surface area contributed by atoms with E-state index in [4.69, 9.17) is 0 Å². The summed E-state index contributed by atoms with van der Waals surface area (Å²) in [4.78, 5) is 2.48. The maximum atomic E-state index is 9.19. The number of phenolic OH excluding ortho intramolecular Hbond substituents is 1. The van der Waals surface area contributed by atoms with E-state index in [0.29, 0.717) is 5.75 Å². The third-order valence-corrected chi connectivity index (χ3v) is 2.93. The van der Waals surface area contributed by atoms with Gasteiger partial charge in [-0.25, -0.2) is 0 Å². The van der Waals surface area contributed by atoms with Gasteiger partial charge in [0, 0.05) is 6.54 Å². The van der Waals surface area contributed by atoms with E-state index in [1.54, 1.807) is 12.1 Å². The predicted octanol–water partition coefficient (Wildman–Crippen LogP) is 3.06. The lowest BCUT2D eigenvalue weighted by molar-refractivity contribution is 0.287. The molecule has 1 aromatic carbocycles. The molecule has 0 aromatic heterocycles. The van der Waals surface area contributed by atoms with E-state index >= 15 is 0 Å². The monoisotopic (exact) mass is 221 g/mol. The van der Waals surface area contributed by atoms with E-state index in [-0.39, 0.29) is 0 Å². The number of rotatable bonds is 7. The van der Waals surface area contributed by atoms with E-state index in [1.807, 2.05) is 12.1 Å². The van der Waals surface area contributed by atoms with Crippen molar-refractivity contribution in [2.24, 2.45) is 0 Å². The predicted molar refractivity (Wildman–Crippen MR) is 68.8 cm³/mol. The molecule has 0 atom stereocenters. The zero-order valence-corrected chi connectivity index (χ0v) is 10.4. The molecular weight excluding hydrogens is 198 g/mol. The zero-order valence-electron chi connectivity index (χ0n) is 10.4. The van der Waals surface area contributed by atoms with Gasteiger partial charge in [0.1, 0.15) is 5.75 Å². The summed E-state index contributed by atoms with van der Waals surface area (Å²) in [5, 5.41) is 9.19. The van der Waals surface area contributed by atoms with Gasteiger partial charge in [-0.05, 0) is 43.6 Å². The molecule has 2 nitrogen and oxygen atoms in total. The molecular formula is C14H23NO. The molecule has 0 saturated carbocycles. The van der Waals surface area contributed by atoms with Gasteiger partial charge < -0.3 is 10.0 Å². The van der Waals surface area contributed by atoms with Gasteiger partial charge in [0.15, 0.2) is 0 Å². The summed E-state index contributed by atoms with van der Waals surface area (Å²) in [6.07, 6.45) is 3.61. The van der Waals surface area contributed by atoms with Crippen LogP contribution in [-0.4, -0.2) is 29.6 Å². The Morgan fingerprint density at radius 1 is 1.06 bits per heavy atom. The Kier molecular flexibility index (Phi) is 5.94. The maximum absolute atomic E-state index is 9.19. The number of nitrogens with zero attached hydrogens (tertiary/aromatic N) is 1. The van der Waals surface area contributed by atoms with Gasteiger partial charge >= 0.3 is 0 Å². The van der Waals surface area contributed by atoms with E-state index < -0.39 is 0 Å². The minimum Gasteiger partial charge on any atom is -0.508 e. The van der Waals surface area contributed by atoms with Crippen molar-refractivity contribution in [1.29, 1.82) is 0 Å². The lowest BCUT2D eigenvalue weighted by atomic mass is 10.1. The highest BCUT2D eigenvalue weighted by atomic mass is 16.3. The third-order valence-electron chi connectivity index (χ3n) is 2.93. The van der Waals surface area contributed by atoms with Crippen LogP contribution < -0.4 is 0 Å². The lowest BCUT2D eigenvalue weighted by Crippen LogP contribution is -2.26. The maximum Gasteiger partial charge on any atom is 0.115 e. The van der Waals surface area contributed by atoms with Crippen molar-refractivity contribution in [2.45, 2.75) is 33.1 Å². The fraction of sp³-hybridized carbons (Fsp3) is 0.571. The van der Waals surface area contributed by atoms with Crippen molar-refractivity contribution >= 4 is 0 Å². The fourth-order valence-corrected chi connectivity index (χ4v) is 1.76. The van der Waals surface area contributed by atoms with Crippen molar-refractivity contribution in [3.05, 3.63) is 29.8 Å². The van der Waals surface area contributed by atoms with Crippen LogP contribution in [0.5, 0.6) is 5.75 Å². The minimum atomic E-state index is 0.349. The third kappa shape index (κ3) is 4.67. The second-order valence-corrected chi connectivity index (χ2v) is 4.20.